The van der Waals surface area contributed by atoms with E-state index >= 15 is 0 Å². The second-order valence-electron chi connectivity index (χ2n) is 10.1. The highest BCUT2D eigenvalue weighted by Gasteiger charge is 2.14. The molecule has 0 heterocycles. The van der Waals surface area contributed by atoms with Gasteiger partial charge in [0, 0.05) is 37.4 Å². The van der Waals surface area contributed by atoms with E-state index in [9.17, 15) is 13.5 Å². The lowest BCUT2D eigenvalue weighted by atomic mass is 10.1. The summed E-state index contributed by atoms with van der Waals surface area (Å²) in [6, 6.07) is 18.3. The van der Waals surface area contributed by atoms with Crippen LogP contribution in [0.25, 0.3) is 10.8 Å². The third-order valence-corrected chi connectivity index (χ3v) is 8.25. The normalized spacial score (nSPS) is 12.1. The summed E-state index contributed by atoms with van der Waals surface area (Å²) in [5.41, 5.74) is 8.92. The predicted octanol–water partition coefficient (Wildman–Crippen LogP) is 6.62. The van der Waals surface area contributed by atoms with Crippen LogP contribution in [0.5, 0.6) is 11.5 Å². The van der Waals surface area contributed by atoms with Crippen LogP contribution in [0, 0.1) is 6.92 Å². The summed E-state index contributed by atoms with van der Waals surface area (Å²) < 4.78 is 49.0. The van der Waals surface area contributed by atoms with Gasteiger partial charge in [0.15, 0.2) is 5.75 Å². The van der Waals surface area contributed by atoms with Crippen LogP contribution in [0.1, 0.15) is 12.0 Å². The van der Waals surface area contributed by atoms with Gasteiger partial charge >= 0.3 is 0 Å². The summed E-state index contributed by atoms with van der Waals surface area (Å²) >= 11 is 0. The van der Waals surface area contributed by atoms with E-state index < -0.39 is 10.0 Å². The number of nitrogens with zero attached hydrogens (tertiary/aromatic N) is 4. The largest absolute Gasteiger partial charge is 0.505 e. The average molecular weight is 651 g/mol. The van der Waals surface area contributed by atoms with Gasteiger partial charge in [0.2, 0.25) is 10.0 Å². The maximum atomic E-state index is 12.7. The first-order chi connectivity index (χ1) is 22.2. The van der Waals surface area contributed by atoms with E-state index in [2.05, 4.69) is 25.2 Å². The number of nitrogens with two attached hydrogens (primary N) is 1. The number of azo groups is 2. The minimum absolute atomic E-state index is 0.0591. The summed E-state index contributed by atoms with van der Waals surface area (Å²) in [6.45, 7) is 4.41. The van der Waals surface area contributed by atoms with Crippen molar-refractivity contribution in [2.45, 2.75) is 18.2 Å². The summed E-state index contributed by atoms with van der Waals surface area (Å²) in [6.07, 6.45) is 0.521. The zero-order chi connectivity index (χ0) is 32.9. The molecular weight excluding hydrogens is 612 g/mol. The molecule has 0 aliphatic heterocycles. The minimum atomic E-state index is -3.69. The molecule has 244 valence electrons. The quantitative estimate of drug-likeness (QED) is 0.0648. The van der Waals surface area contributed by atoms with Gasteiger partial charge in [0.1, 0.15) is 17.1 Å². The highest BCUT2D eigenvalue weighted by Crippen LogP contribution is 2.40. The number of methoxy groups -OCH3 is 2. The number of nitrogen functional groups attached to an aromatic ring is 1. The van der Waals surface area contributed by atoms with Crippen molar-refractivity contribution >= 4 is 49.2 Å². The van der Waals surface area contributed by atoms with E-state index in [0.29, 0.717) is 73.3 Å². The molecule has 0 aliphatic carbocycles. The van der Waals surface area contributed by atoms with E-state index in [1.54, 1.807) is 43.5 Å². The van der Waals surface area contributed by atoms with Crippen molar-refractivity contribution in [3.05, 3.63) is 72.3 Å². The lowest BCUT2D eigenvalue weighted by Gasteiger charge is -2.09. The van der Waals surface area contributed by atoms with Crippen LogP contribution in [-0.2, 0) is 24.2 Å². The Morgan fingerprint density at radius 3 is 2.24 bits per heavy atom. The Labute approximate surface area is 268 Å². The lowest BCUT2D eigenvalue weighted by molar-refractivity contribution is 0.0245. The van der Waals surface area contributed by atoms with Crippen LogP contribution < -0.4 is 15.2 Å². The number of nitrogens with one attached hydrogen (secondary N) is 1. The summed E-state index contributed by atoms with van der Waals surface area (Å²) in [4.78, 5) is 0.117. The number of hydrogen-bond donors (Lipinski definition) is 3. The molecule has 0 amide bonds. The Balaban J connectivity index is 1.35. The molecule has 46 heavy (non-hydrogen) atoms. The van der Waals surface area contributed by atoms with Gasteiger partial charge in [-0.2, -0.15) is 10.2 Å². The number of sulfonamides is 1. The Kier molecular flexibility index (Phi) is 12.5. The molecule has 0 spiro atoms. The van der Waals surface area contributed by atoms with Crippen molar-refractivity contribution in [1.29, 1.82) is 0 Å². The van der Waals surface area contributed by atoms with E-state index in [0.717, 1.165) is 10.9 Å². The number of benzene rings is 4. The molecule has 0 aliphatic rings. The van der Waals surface area contributed by atoms with Gasteiger partial charge in [0.05, 0.1) is 49.8 Å². The monoisotopic (exact) mass is 650 g/mol. The zero-order valence-corrected chi connectivity index (χ0v) is 26.8. The fourth-order valence-electron chi connectivity index (χ4n) is 4.31. The number of aromatic hydroxyl groups is 1. The van der Waals surface area contributed by atoms with Gasteiger partial charge in [0.25, 0.3) is 0 Å². The third-order valence-electron chi connectivity index (χ3n) is 6.77. The molecule has 0 fully saturated rings. The van der Waals surface area contributed by atoms with Crippen LogP contribution in [0.3, 0.4) is 0 Å². The summed E-state index contributed by atoms with van der Waals surface area (Å²) in [5.74, 6) is 0.340. The van der Waals surface area contributed by atoms with Crippen molar-refractivity contribution in [2.75, 3.05) is 59.5 Å². The van der Waals surface area contributed by atoms with Crippen molar-refractivity contribution in [1.82, 2.24) is 4.72 Å². The van der Waals surface area contributed by atoms with E-state index in [4.69, 9.17) is 24.7 Å². The molecule has 0 saturated carbocycles. The molecule has 0 saturated heterocycles. The Bertz CT molecular complexity index is 1780. The second-order valence-corrected chi connectivity index (χ2v) is 11.8. The SMILES string of the molecule is COCCOCCOCCCNS(=O)(=O)c1ccc(N=Nc2cc(OC)c(N=Nc3ccc4cccc(N)c4c3O)cc2C)cc1. The van der Waals surface area contributed by atoms with Gasteiger partial charge in [-0.25, -0.2) is 13.1 Å². The highest BCUT2D eigenvalue weighted by molar-refractivity contribution is 7.89. The molecule has 0 radical (unpaired) electrons. The number of aryl methyl sites for hydroxylation is 1. The molecule has 0 unspecified atom stereocenters. The third kappa shape index (κ3) is 9.28. The number of phenolic OH excluding ortho intramolecular Hbond substituents is 1. The number of fused-ring (bicyclic) bond motifs is 1. The van der Waals surface area contributed by atoms with E-state index in [-0.39, 0.29) is 22.9 Å². The Morgan fingerprint density at radius 2 is 1.50 bits per heavy atom. The fourth-order valence-corrected chi connectivity index (χ4v) is 5.38. The molecule has 4 aromatic rings. The second kappa shape index (κ2) is 16.7. The Hall–Kier alpha value is -4.47. The molecule has 14 heteroatoms. The van der Waals surface area contributed by atoms with Crippen molar-refractivity contribution in [3.8, 4) is 11.5 Å². The number of rotatable bonds is 17. The van der Waals surface area contributed by atoms with Gasteiger partial charge in [-0.1, -0.05) is 18.2 Å². The van der Waals surface area contributed by atoms with Crippen LogP contribution in [0.4, 0.5) is 28.4 Å². The number of anilines is 1. The molecular formula is C32H38N6O7S. The van der Waals surface area contributed by atoms with Crippen molar-refractivity contribution in [3.63, 3.8) is 0 Å². The Morgan fingerprint density at radius 1 is 0.804 bits per heavy atom. The molecule has 4 aromatic carbocycles. The van der Waals surface area contributed by atoms with Gasteiger partial charge < -0.3 is 29.8 Å². The van der Waals surface area contributed by atoms with Crippen molar-refractivity contribution < 1.29 is 32.5 Å². The van der Waals surface area contributed by atoms with Gasteiger partial charge in [-0.05, 0) is 66.8 Å². The first-order valence-electron chi connectivity index (χ1n) is 14.5. The van der Waals surface area contributed by atoms with Crippen LogP contribution >= 0.6 is 0 Å². The van der Waals surface area contributed by atoms with Crippen LogP contribution in [-0.4, -0.2) is 67.3 Å². The molecule has 0 atom stereocenters. The highest BCUT2D eigenvalue weighted by atomic mass is 32.2. The summed E-state index contributed by atoms with van der Waals surface area (Å²) in [5, 5.41) is 29.1. The van der Waals surface area contributed by atoms with Crippen molar-refractivity contribution in [2.24, 2.45) is 20.5 Å². The minimum Gasteiger partial charge on any atom is -0.505 e. The smallest absolute Gasteiger partial charge is 0.240 e. The fraction of sp³-hybridized carbons (Fsp3) is 0.312. The average Bonchev–Trinajstić information content (AvgIpc) is 3.05. The first kappa shape index (κ1) is 34.4. The molecule has 13 nitrogen and oxygen atoms in total. The molecule has 0 bridgehead atoms. The maximum Gasteiger partial charge on any atom is 0.240 e. The summed E-state index contributed by atoms with van der Waals surface area (Å²) in [7, 11) is -0.580. The lowest BCUT2D eigenvalue weighted by Crippen LogP contribution is -2.25. The number of ether oxygens (including phenoxy) is 4. The number of phenols is 1. The van der Waals surface area contributed by atoms with Gasteiger partial charge in [-0.3, -0.25) is 0 Å². The predicted molar refractivity (Wildman–Crippen MR) is 176 cm³/mol. The van der Waals surface area contributed by atoms with Gasteiger partial charge in [-0.15, -0.1) is 10.2 Å². The standard InChI is InChI=1S/C32H38N6O7S/c1-22-20-29(38-36-27-13-8-23-6-4-7-26(33)31(23)32(27)39)30(43-3)21-28(22)37-35-24-9-11-25(12-10-24)46(40,41)34-14-5-15-44-18-19-45-17-16-42-2/h4,6-13,20-21,34,39H,5,14-19,33H2,1-3H3. The molecule has 4 rings (SSSR count). The van der Waals surface area contributed by atoms with E-state index in [1.165, 1.54) is 19.2 Å². The molecule has 0 aromatic heterocycles. The zero-order valence-electron chi connectivity index (χ0n) is 26.0. The first-order valence-corrected chi connectivity index (χ1v) is 16.0. The maximum absolute atomic E-state index is 12.7. The molecule has 4 N–H and O–H groups in total. The number of hydrogen-bond acceptors (Lipinski definition) is 12. The van der Waals surface area contributed by atoms with Crippen LogP contribution in [0.15, 0.2) is 92.1 Å². The topological polar surface area (TPSA) is 179 Å². The van der Waals surface area contributed by atoms with E-state index in [1.807, 2.05) is 25.1 Å². The van der Waals surface area contributed by atoms with Crippen LogP contribution in [0.2, 0.25) is 0 Å².